The molecule has 4 heteroatoms. The van der Waals surface area contributed by atoms with Crippen LogP contribution >= 0.6 is 0 Å². The van der Waals surface area contributed by atoms with Gasteiger partial charge in [-0.25, -0.2) is 9.78 Å². The van der Waals surface area contributed by atoms with Crippen LogP contribution in [-0.4, -0.2) is 16.1 Å². The summed E-state index contributed by atoms with van der Waals surface area (Å²) in [4.78, 5) is 14.0. The second-order valence-corrected chi connectivity index (χ2v) is 1.97. The van der Waals surface area contributed by atoms with Crippen molar-refractivity contribution in [3.8, 4) is 0 Å². The summed E-state index contributed by atoms with van der Waals surface area (Å²) in [6, 6.07) is 3.43. The van der Waals surface area contributed by atoms with Gasteiger partial charge in [-0.15, -0.1) is 0 Å². The minimum atomic E-state index is -0.974. The number of aryl methyl sites for hydroxylation is 1. The molecule has 0 aromatic carbocycles. The molecule has 3 nitrogen and oxygen atoms in total. The summed E-state index contributed by atoms with van der Waals surface area (Å²) in [5.74, 6) is -0.974. The van der Waals surface area contributed by atoms with Crippen LogP contribution in [0.3, 0.4) is 0 Å². The predicted octanol–water partition coefficient (Wildman–Crippen LogP) is -1.80. The number of hydrogen-bond donors (Lipinski definition) is 1. The molecule has 0 aliphatic rings. The van der Waals surface area contributed by atoms with Gasteiger partial charge in [-0.1, -0.05) is 6.07 Å². The molecule has 0 atom stereocenters. The molecule has 0 amide bonds. The fourth-order valence-corrected chi connectivity index (χ4v) is 0.710. The minimum Gasteiger partial charge on any atom is -1.00 e. The maximum Gasteiger partial charge on any atom is 1.00 e. The van der Waals surface area contributed by atoms with Gasteiger partial charge in [-0.2, -0.15) is 0 Å². The molecule has 0 aliphatic carbocycles. The van der Waals surface area contributed by atoms with Crippen LogP contribution in [0.4, 0.5) is 0 Å². The molecule has 11 heavy (non-hydrogen) atoms. The minimum absolute atomic E-state index is 0. The zero-order valence-electron chi connectivity index (χ0n) is 7.53. The molecule has 1 aromatic heterocycles. The number of nitrogens with zero attached hydrogens (tertiary/aromatic N) is 1. The third-order valence-corrected chi connectivity index (χ3v) is 1.21. The molecule has 0 saturated carbocycles. The smallest absolute Gasteiger partial charge is 1.00 e. The molecule has 1 rings (SSSR count). The Morgan fingerprint density at radius 1 is 1.73 bits per heavy atom. The van der Waals surface area contributed by atoms with Gasteiger partial charge < -0.3 is 6.53 Å². The summed E-state index contributed by atoms with van der Waals surface area (Å²) < 4.78 is 0. The van der Waals surface area contributed by atoms with Crippen molar-refractivity contribution in [3.05, 3.63) is 29.6 Å². The molecule has 0 spiro atoms. The average molecular weight is 145 g/mol. The van der Waals surface area contributed by atoms with Crippen LogP contribution in [0.2, 0.25) is 0 Å². The van der Waals surface area contributed by atoms with Crippen molar-refractivity contribution >= 4 is 5.97 Å². The molecule has 0 saturated heterocycles. The average Bonchev–Trinajstić information content (AvgIpc) is 1.88. The van der Waals surface area contributed by atoms with E-state index in [2.05, 4.69) is 4.98 Å². The van der Waals surface area contributed by atoms with Crippen LogP contribution in [0.1, 0.15) is 17.5 Å². The quantitative estimate of drug-likeness (QED) is 0.474. The SMILES string of the molecule is Cc1cccnc1C(=O)O.[H-].[Li+]. The van der Waals surface area contributed by atoms with Gasteiger partial charge in [0.1, 0.15) is 0 Å². The van der Waals surface area contributed by atoms with E-state index in [1.165, 1.54) is 6.20 Å². The number of rotatable bonds is 1. The summed E-state index contributed by atoms with van der Waals surface area (Å²) in [5.41, 5.74) is 0.817. The molecule has 0 bridgehead atoms. The number of pyridine rings is 1. The van der Waals surface area contributed by atoms with Crippen LogP contribution in [0.15, 0.2) is 18.3 Å². The van der Waals surface area contributed by atoms with Gasteiger partial charge in [0.2, 0.25) is 0 Å². The maximum absolute atomic E-state index is 10.4. The normalized spacial score (nSPS) is 8.45. The Hall–Kier alpha value is -0.783. The third-order valence-electron chi connectivity index (χ3n) is 1.21. The largest absolute Gasteiger partial charge is 1.00 e. The van der Waals surface area contributed by atoms with E-state index in [-0.39, 0.29) is 26.0 Å². The van der Waals surface area contributed by atoms with Crippen LogP contribution < -0.4 is 18.9 Å². The Morgan fingerprint density at radius 2 is 2.36 bits per heavy atom. The van der Waals surface area contributed by atoms with E-state index in [4.69, 9.17) is 5.11 Å². The first kappa shape index (κ1) is 10.2. The molecule has 1 heterocycles. The first-order chi connectivity index (χ1) is 4.72. The summed E-state index contributed by atoms with van der Waals surface area (Å²) in [5, 5.41) is 8.50. The second-order valence-electron chi connectivity index (χ2n) is 1.97. The van der Waals surface area contributed by atoms with Crippen LogP contribution in [-0.2, 0) is 0 Å². The Labute approximate surface area is 78.1 Å². The third kappa shape index (κ3) is 2.38. The molecular formula is C7H8LiNO2. The number of hydrogen-bond acceptors (Lipinski definition) is 2. The summed E-state index contributed by atoms with van der Waals surface area (Å²) in [6.45, 7) is 1.72. The van der Waals surface area contributed by atoms with Crippen LogP contribution in [0, 0.1) is 6.92 Å². The van der Waals surface area contributed by atoms with Crippen molar-refractivity contribution in [2.75, 3.05) is 0 Å². The Balaban J connectivity index is 0. The van der Waals surface area contributed by atoms with E-state index in [0.717, 1.165) is 0 Å². The standard InChI is InChI=1S/C7H7NO2.Li.H/c1-5-3-2-4-8-6(5)7(9)10;;/h2-4H,1H3,(H,9,10);;/q;+1;-1. The van der Waals surface area contributed by atoms with Gasteiger partial charge in [-0.05, 0) is 18.6 Å². The Bertz CT molecular complexity index is 267. The van der Waals surface area contributed by atoms with Gasteiger partial charge in [0.05, 0.1) is 0 Å². The number of carbonyl (C=O) groups is 1. The van der Waals surface area contributed by atoms with E-state index in [9.17, 15) is 4.79 Å². The fraction of sp³-hybridized carbons (Fsp3) is 0.143. The second kappa shape index (κ2) is 4.17. The number of aromatic nitrogens is 1. The number of carboxylic acid groups (broad SMARTS) is 1. The van der Waals surface area contributed by atoms with Gasteiger partial charge in [0.15, 0.2) is 5.69 Å². The van der Waals surface area contributed by atoms with Crippen LogP contribution in [0.5, 0.6) is 0 Å². The van der Waals surface area contributed by atoms with E-state index < -0.39 is 5.97 Å². The molecule has 1 aromatic rings. The predicted molar refractivity (Wildman–Crippen MR) is 37.0 cm³/mol. The molecule has 54 valence electrons. The Kier molecular flexibility index (Phi) is 3.87. The number of aromatic carboxylic acids is 1. The molecule has 0 fully saturated rings. The van der Waals surface area contributed by atoms with Crippen molar-refractivity contribution in [3.63, 3.8) is 0 Å². The molecule has 0 radical (unpaired) electrons. The van der Waals surface area contributed by atoms with E-state index in [0.29, 0.717) is 5.56 Å². The summed E-state index contributed by atoms with van der Waals surface area (Å²) in [7, 11) is 0. The van der Waals surface area contributed by atoms with Gasteiger partial charge in [-0.3, -0.25) is 0 Å². The fourth-order valence-electron chi connectivity index (χ4n) is 0.710. The molecule has 0 unspecified atom stereocenters. The first-order valence-corrected chi connectivity index (χ1v) is 2.86. The van der Waals surface area contributed by atoms with E-state index >= 15 is 0 Å². The molecule has 1 N–H and O–H groups in total. The first-order valence-electron chi connectivity index (χ1n) is 2.86. The zero-order valence-corrected chi connectivity index (χ0v) is 6.53. The topological polar surface area (TPSA) is 50.2 Å². The number of carboxylic acids is 1. The van der Waals surface area contributed by atoms with Gasteiger partial charge >= 0.3 is 24.8 Å². The van der Waals surface area contributed by atoms with Crippen molar-refractivity contribution in [1.29, 1.82) is 0 Å². The van der Waals surface area contributed by atoms with Crippen molar-refractivity contribution < 1.29 is 30.2 Å². The van der Waals surface area contributed by atoms with E-state index in [1.54, 1.807) is 19.1 Å². The van der Waals surface area contributed by atoms with Gasteiger partial charge in [0, 0.05) is 6.20 Å². The maximum atomic E-state index is 10.4. The summed E-state index contributed by atoms with van der Waals surface area (Å²) >= 11 is 0. The molecule has 0 aliphatic heterocycles. The van der Waals surface area contributed by atoms with Crippen LogP contribution in [0.25, 0.3) is 0 Å². The van der Waals surface area contributed by atoms with Crippen molar-refractivity contribution in [2.24, 2.45) is 0 Å². The van der Waals surface area contributed by atoms with Crippen molar-refractivity contribution in [2.45, 2.75) is 6.92 Å². The molecular weight excluding hydrogens is 137 g/mol. The Morgan fingerprint density at radius 3 is 2.73 bits per heavy atom. The van der Waals surface area contributed by atoms with Gasteiger partial charge in [0.25, 0.3) is 0 Å². The van der Waals surface area contributed by atoms with Crippen molar-refractivity contribution in [1.82, 2.24) is 4.98 Å². The summed E-state index contributed by atoms with van der Waals surface area (Å²) in [6.07, 6.45) is 1.47. The monoisotopic (exact) mass is 145 g/mol. The zero-order chi connectivity index (χ0) is 7.56. The van der Waals surface area contributed by atoms with E-state index in [1.807, 2.05) is 0 Å².